The molecule has 2 heterocycles. The van der Waals surface area contributed by atoms with E-state index in [1.54, 1.807) is 6.20 Å². The lowest BCUT2D eigenvalue weighted by Crippen LogP contribution is -3.14. The fourth-order valence-corrected chi connectivity index (χ4v) is 3.05. The molecular weight excluding hydrogens is 306 g/mol. The molecule has 1 aliphatic rings. The first-order valence-corrected chi connectivity index (χ1v) is 8.36. The fourth-order valence-electron chi connectivity index (χ4n) is 3.05. The molecule has 2 aromatic rings. The second-order valence-corrected chi connectivity index (χ2v) is 6.35. The van der Waals surface area contributed by atoms with E-state index in [9.17, 15) is 9.59 Å². The normalized spacial score (nSPS) is 17.7. The average Bonchev–Trinajstić information content (AvgIpc) is 3.05. The summed E-state index contributed by atoms with van der Waals surface area (Å²) in [6.45, 7) is 4.65. The molecule has 6 heteroatoms. The minimum atomic E-state index is -0.283. The van der Waals surface area contributed by atoms with Gasteiger partial charge in [-0.1, -0.05) is 18.2 Å². The van der Waals surface area contributed by atoms with E-state index in [-0.39, 0.29) is 17.7 Å². The highest BCUT2D eigenvalue weighted by atomic mass is 16.5. The second kappa shape index (κ2) is 7.15. The molecule has 3 rings (SSSR count). The number of Topliss-reactive ketones (excluding diaryl/α,β-unsaturated/α-hetero) is 1. The lowest BCUT2D eigenvalue weighted by atomic mass is 10.0. The first kappa shape index (κ1) is 16.7. The van der Waals surface area contributed by atoms with Gasteiger partial charge in [0.25, 0.3) is 5.91 Å². The molecular formula is C18H24N3O3+. The van der Waals surface area contributed by atoms with Crippen molar-refractivity contribution in [2.75, 3.05) is 39.9 Å². The lowest BCUT2D eigenvalue weighted by Gasteiger charge is -2.28. The van der Waals surface area contributed by atoms with Crippen LogP contribution in [0.4, 0.5) is 0 Å². The number of aromatic nitrogens is 1. The second-order valence-electron chi connectivity index (χ2n) is 6.35. The summed E-state index contributed by atoms with van der Waals surface area (Å²) in [4.78, 5) is 31.1. The number of morpholine rings is 1. The monoisotopic (exact) mass is 330 g/mol. The SMILES string of the molecule is C[C@@H](C(=O)c1c[nH]c2ccccc12)[NH+](C)CC(=O)N1CCOCC1. The van der Waals surface area contributed by atoms with Crippen molar-refractivity contribution in [3.8, 4) is 0 Å². The van der Waals surface area contributed by atoms with Crippen LogP contribution >= 0.6 is 0 Å². The van der Waals surface area contributed by atoms with Gasteiger partial charge in [0.1, 0.15) is 6.04 Å². The fraction of sp³-hybridized carbons (Fsp3) is 0.444. The largest absolute Gasteiger partial charge is 0.378 e. The number of nitrogens with zero attached hydrogens (tertiary/aromatic N) is 1. The van der Waals surface area contributed by atoms with Crippen molar-refractivity contribution in [3.63, 3.8) is 0 Å². The standard InChI is InChI=1S/C18H23N3O3/c1-13(20(2)12-17(22)21-7-9-24-10-8-21)18(23)15-11-19-16-6-4-3-5-14(15)16/h3-6,11,13,19H,7-10,12H2,1-2H3/p+1/t13-/m0/s1. The highest BCUT2D eigenvalue weighted by Gasteiger charge is 2.28. The Balaban J connectivity index is 1.67. The molecule has 1 aliphatic heterocycles. The first-order chi connectivity index (χ1) is 11.6. The van der Waals surface area contributed by atoms with E-state index in [1.165, 1.54) is 0 Å². The zero-order chi connectivity index (χ0) is 17.1. The Morgan fingerprint density at radius 1 is 1.29 bits per heavy atom. The number of ether oxygens (including phenoxy) is 1. The number of nitrogens with one attached hydrogen (secondary N) is 2. The van der Waals surface area contributed by atoms with E-state index in [0.717, 1.165) is 15.8 Å². The van der Waals surface area contributed by atoms with Gasteiger partial charge in [-0.05, 0) is 13.0 Å². The number of benzene rings is 1. The van der Waals surface area contributed by atoms with Gasteiger partial charge in [0.05, 0.1) is 20.3 Å². The van der Waals surface area contributed by atoms with Gasteiger partial charge in [-0.25, -0.2) is 0 Å². The maximum absolute atomic E-state index is 12.8. The number of carbonyl (C=O) groups excluding carboxylic acids is 2. The predicted octanol–water partition coefficient (Wildman–Crippen LogP) is 0.113. The number of fused-ring (bicyclic) bond motifs is 1. The number of H-pyrrole nitrogens is 1. The van der Waals surface area contributed by atoms with Gasteiger partial charge in [0.2, 0.25) is 5.78 Å². The van der Waals surface area contributed by atoms with E-state index in [1.807, 2.05) is 43.1 Å². The van der Waals surface area contributed by atoms with Crippen LogP contribution in [-0.2, 0) is 9.53 Å². The van der Waals surface area contributed by atoms with Crippen LogP contribution in [0.15, 0.2) is 30.5 Å². The molecule has 0 aliphatic carbocycles. The molecule has 24 heavy (non-hydrogen) atoms. The molecule has 1 aromatic carbocycles. The summed E-state index contributed by atoms with van der Waals surface area (Å²) in [5, 5.41) is 0.932. The van der Waals surface area contributed by atoms with Crippen molar-refractivity contribution >= 4 is 22.6 Å². The predicted molar refractivity (Wildman–Crippen MR) is 91.2 cm³/mol. The van der Waals surface area contributed by atoms with Crippen molar-refractivity contribution in [2.45, 2.75) is 13.0 Å². The molecule has 1 aromatic heterocycles. The van der Waals surface area contributed by atoms with Crippen molar-refractivity contribution in [2.24, 2.45) is 0 Å². The quantitative estimate of drug-likeness (QED) is 0.765. The average molecular weight is 330 g/mol. The number of rotatable bonds is 5. The van der Waals surface area contributed by atoms with Crippen LogP contribution in [-0.4, -0.2) is 67.5 Å². The third kappa shape index (κ3) is 3.34. The molecule has 1 saturated heterocycles. The van der Waals surface area contributed by atoms with Crippen molar-refractivity contribution in [1.82, 2.24) is 9.88 Å². The number of hydrogen-bond acceptors (Lipinski definition) is 3. The third-order valence-corrected chi connectivity index (χ3v) is 4.78. The van der Waals surface area contributed by atoms with E-state index < -0.39 is 0 Å². The minimum Gasteiger partial charge on any atom is -0.378 e. The van der Waals surface area contributed by atoms with Gasteiger partial charge in [-0.15, -0.1) is 0 Å². The summed E-state index contributed by atoms with van der Waals surface area (Å²) in [5.74, 6) is 0.133. The molecule has 2 atom stereocenters. The topological polar surface area (TPSA) is 66.8 Å². The molecule has 128 valence electrons. The summed E-state index contributed by atoms with van der Waals surface area (Å²) >= 11 is 0. The Labute approximate surface area is 141 Å². The highest BCUT2D eigenvalue weighted by Crippen LogP contribution is 2.18. The minimum absolute atomic E-state index is 0.0553. The summed E-state index contributed by atoms with van der Waals surface area (Å²) < 4.78 is 5.27. The summed E-state index contributed by atoms with van der Waals surface area (Å²) in [7, 11) is 1.90. The number of ketones is 1. The molecule has 1 amide bonds. The first-order valence-electron chi connectivity index (χ1n) is 8.36. The Hall–Kier alpha value is -2.18. The van der Waals surface area contributed by atoms with Gasteiger partial charge in [-0.2, -0.15) is 0 Å². The number of hydrogen-bond donors (Lipinski definition) is 2. The maximum Gasteiger partial charge on any atom is 0.277 e. The van der Waals surface area contributed by atoms with Crippen LogP contribution in [0, 0.1) is 0 Å². The van der Waals surface area contributed by atoms with Gasteiger partial charge in [0.15, 0.2) is 6.54 Å². The molecule has 1 unspecified atom stereocenters. The molecule has 1 fully saturated rings. The molecule has 0 radical (unpaired) electrons. The summed E-state index contributed by atoms with van der Waals surface area (Å²) in [5.41, 5.74) is 1.64. The van der Waals surface area contributed by atoms with E-state index in [4.69, 9.17) is 4.74 Å². The molecule has 0 saturated carbocycles. The number of aromatic amines is 1. The number of quaternary nitrogens is 1. The zero-order valence-corrected chi connectivity index (χ0v) is 14.2. The van der Waals surface area contributed by atoms with Crippen molar-refractivity contribution in [3.05, 3.63) is 36.0 Å². The highest BCUT2D eigenvalue weighted by molar-refractivity contribution is 6.09. The van der Waals surface area contributed by atoms with Crippen molar-refractivity contribution < 1.29 is 19.2 Å². The van der Waals surface area contributed by atoms with Gasteiger partial charge in [-0.3, -0.25) is 9.59 Å². The van der Waals surface area contributed by atoms with Gasteiger partial charge >= 0.3 is 0 Å². The summed E-state index contributed by atoms with van der Waals surface area (Å²) in [6, 6.07) is 7.48. The third-order valence-electron chi connectivity index (χ3n) is 4.78. The van der Waals surface area contributed by atoms with Crippen LogP contribution in [0.1, 0.15) is 17.3 Å². The number of para-hydroxylation sites is 1. The van der Waals surface area contributed by atoms with Gasteiger partial charge in [0, 0.05) is 35.8 Å². The van der Waals surface area contributed by atoms with Crippen molar-refractivity contribution in [1.29, 1.82) is 0 Å². The van der Waals surface area contributed by atoms with Gasteiger partial charge < -0.3 is 19.5 Å². The number of carbonyl (C=O) groups is 2. The number of likely N-dealkylation sites (N-methyl/N-ethyl adjacent to an activating group) is 1. The lowest BCUT2D eigenvalue weighted by molar-refractivity contribution is -0.885. The van der Waals surface area contributed by atoms with E-state index in [2.05, 4.69) is 4.98 Å². The van der Waals surface area contributed by atoms with Crippen LogP contribution in [0.3, 0.4) is 0 Å². The Morgan fingerprint density at radius 2 is 2.00 bits per heavy atom. The molecule has 6 nitrogen and oxygen atoms in total. The molecule has 2 N–H and O–H groups in total. The Morgan fingerprint density at radius 3 is 2.75 bits per heavy atom. The maximum atomic E-state index is 12.8. The molecule has 0 bridgehead atoms. The van der Waals surface area contributed by atoms with E-state index >= 15 is 0 Å². The summed E-state index contributed by atoms with van der Waals surface area (Å²) in [6.07, 6.45) is 1.76. The zero-order valence-electron chi connectivity index (χ0n) is 14.2. The molecule has 0 spiro atoms. The smallest absolute Gasteiger partial charge is 0.277 e. The number of amides is 1. The van der Waals surface area contributed by atoms with E-state index in [0.29, 0.717) is 38.4 Å². The van der Waals surface area contributed by atoms with Crippen LogP contribution in [0.25, 0.3) is 10.9 Å². The Bertz CT molecular complexity index is 734. The van der Waals surface area contributed by atoms with Crippen LogP contribution < -0.4 is 4.90 Å². The van der Waals surface area contributed by atoms with Crippen LogP contribution in [0.2, 0.25) is 0 Å². The van der Waals surface area contributed by atoms with Crippen LogP contribution in [0.5, 0.6) is 0 Å². The Kier molecular flexibility index (Phi) is 4.97.